The second-order valence-corrected chi connectivity index (χ2v) is 8.26. The molecule has 1 aliphatic heterocycles. The molecule has 2 aromatic rings. The molecule has 8 nitrogen and oxygen atoms in total. The van der Waals surface area contributed by atoms with E-state index in [1.54, 1.807) is 37.3 Å². The Labute approximate surface area is 173 Å². The number of carbonyl (C=O) groups excluding carboxylic acids is 2. The summed E-state index contributed by atoms with van der Waals surface area (Å²) in [7, 11) is 3.13. The predicted octanol–water partition coefficient (Wildman–Crippen LogP) is 3.49. The average Bonchev–Trinajstić information content (AvgIpc) is 3.07. The number of methoxy groups -OCH3 is 2. The number of anilines is 2. The van der Waals surface area contributed by atoms with Gasteiger partial charge in [0.15, 0.2) is 16.6 Å². The van der Waals surface area contributed by atoms with Gasteiger partial charge in [0.1, 0.15) is 0 Å². The first-order valence-electron chi connectivity index (χ1n) is 9.64. The molecule has 1 saturated carbocycles. The fraction of sp³-hybridized carbons (Fsp3) is 0.450. The predicted molar refractivity (Wildman–Crippen MR) is 111 cm³/mol. The zero-order valence-electron chi connectivity index (χ0n) is 16.5. The molecule has 1 aromatic carbocycles. The lowest BCUT2D eigenvalue weighted by atomic mass is 9.85. The summed E-state index contributed by atoms with van der Waals surface area (Å²) in [4.78, 5) is 32.2. The van der Waals surface area contributed by atoms with E-state index in [0.29, 0.717) is 41.8 Å². The first kappa shape index (κ1) is 19.5. The van der Waals surface area contributed by atoms with E-state index in [1.807, 2.05) is 0 Å². The topological polar surface area (TPSA) is 92.8 Å². The Morgan fingerprint density at radius 1 is 1.17 bits per heavy atom. The lowest BCUT2D eigenvalue weighted by Gasteiger charge is -2.26. The number of urea groups is 1. The van der Waals surface area contributed by atoms with E-state index in [4.69, 9.17) is 9.47 Å². The number of nitrogens with zero attached hydrogens (tertiary/aromatic N) is 2. The monoisotopic (exact) mass is 416 g/mol. The normalized spacial score (nSPS) is 15.9. The van der Waals surface area contributed by atoms with Gasteiger partial charge in [-0.2, -0.15) is 0 Å². The summed E-state index contributed by atoms with van der Waals surface area (Å²) in [5.41, 5.74) is 1.60. The van der Waals surface area contributed by atoms with Crippen molar-refractivity contribution in [1.29, 1.82) is 0 Å². The number of benzene rings is 1. The standard InChI is InChI=1S/C20H24N4O4S/c1-27-15-7-6-13(10-16(15)28-2)21-20(26)24-9-8-14-17(11-24)29-19(22-14)23-18(25)12-4-3-5-12/h6-7,10,12H,3-5,8-9,11H2,1-2H3,(H,21,26)(H,22,23,25). The molecule has 154 valence electrons. The lowest BCUT2D eigenvalue weighted by Crippen LogP contribution is -2.38. The molecule has 3 amide bonds. The third kappa shape index (κ3) is 4.14. The fourth-order valence-electron chi connectivity index (χ4n) is 3.42. The van der Waals surface area contributed by atoms with Crippen molar-refractivity contribution in [2.45, 2.75) is 32.2 Å². The molecule has 0 bridgehead atoms. The van der Waals surface area contributed by atoms with Crippen molar-refractivity contribution >= 4 is 34.1 Å². The molecule has 0 atom stereocenters. The smallest absolute Gasteiger partial charge is 0.322 e. The molecule has 2 heterocycles. The summed E-state index contributed by atoms with van der Waals surface area (Å²) in [6.07, 6.45) is 3.71. The van der Waals surface area contributed by atoms with Crippen LogP contribution in [0.5, 0.6) is 11.5 Å². The van der Waals surface area contributed by atoms with Gasteiger partial charge in [0.2, 0.25) is 5.91 Å². The SMILES string of the molecule is COc1ccc(NC(=O)N2CCc3nc(NC(=O)C4CCC4)sc3C2)cc1OC. The van der Waals surface area contributed by atoms with Gasteiger partial charge in [-0.05, 0) is 25.0 Å². The molecular weight excluding hydrogens is 392 g/mol. The highest BCUT2D eigenvalue weighted by molar-refractivity contribution is 7.15. The Morgan fingerprint density at radius 2 is 1.97 bits per heavy atom. The van der Waals surface area contributed by atoms with Crippen molar-refractivity contribution in [3.05, 3.63) is 28.8 Å². The molecule has 0 spiro atoms. The Bertz CT molecular complexity index is 925. The van der Waals surface area contributed by atoms with Gasteiger partial charge in [-0.3, -0.25) is 4.79 Å². The van der Waals surface area contributed by atoms with E-state index in [2.05, 4.69) is 15.6 Å². The van der Waals surface area contributed by atoms with Crippen LogP contribution in [0.15, 0.2) is 18.2 Å². The van der Waals surface area contributed by atoms with Crippen molar-refractivity contribution in [1.82, 2.24) is 9.88 Å². The first-order valence-corrected chi connectivity index (χ1v) is 10.5. The van der Waals surface area contributed by atoms with Crippen LogP contribution in [0, 0.1) is 5.92 Å². The van der Waals surface area contributed by atoms with E-state index >= 15 is 0 Å². The largest absolute Gasteiger partial charge is 0.493 e. The minimum Gasteiger partial charge on any atom is -0.493 e. The Kier molecular flexibility index (Phi) is 5.57. The third-order valence-corrected chi connectivity index (χ3v) is 6.36. The Hall–Kier alpha value is -2.81. The van der Waals surface area contributed by atoms with Gasteiger partial charge >= 0.3 is 6.03 Å². The summed E-state index contributed by atoms with van der Waals surface area (Å²) in [6.45, 7) is 1.05. The Morgan fingerprint density at radius 3 is 2.66 bits per heavy atom. The van der Waals surface area contributed by atoms with Crippen LogP contribution in [-0.2, 0) is 17.8 Å². The number of fused-ring (bicyclic) bond motifs is 1. The van der Waals surface area contributed by atoms with Crippen molar-refractivity contribution < 1.29 is 19.1 Å². The van der Waals surface area contributed by atoms with E-state index < -0.39 is 0 Å². The Balaban J connectivity index is 1.39. The molecule has 1 aliphatic carbocycles. The highest BCUT2D eigenvalue weighted by Crippen LogP contribution is 2.32. The van der Waals surface area contributed by atoms with Crippen LogP contribution in [-0.4, -0.2) is 42.6 Å². The quantitative estimate of drug-likeness (QED) is 0.778. The summed E-state index contributed by atoms with van der Waals surface area (Å²) in [5.74, 6) is 1.35. The minimum absolute atomic E-state index is 0.0606. The van der Waals surface area contributed by atoms with E-state index in [0.717, 1.165) is 29.8 Å². The highest BCUT2D eigenvalue weighted by atomic mass is 32.1. The van der Waals surface area contributed by atoms with Crippen molar-refractivity contribution in [2.75, 3.05) is 31.4 Å². The number of rotatable bonds is 5. The maximum atomic E-state index is 12.7. The molecule has 9 heteroatoms. The molecule has 4 rings (SSSR count). The number of nitrogens with one attached hydrogen (secondary N) is 2. The summed E-state index contributed by atoms with van der Waals surface area (Å²) < 4.78 is 10.5. The zero-order valence-corrected chi connectivity index (χ0v) is 17.3. The molecule has 29 heavy (non-hydrogen) atoms. The molecule has 1 fully saturated rings. The van der Waals surface area contributed by atoms with Gasteiger partial charge in [-0.15, -0.1) is 0 Å². The lowest BCUT2D eigenvalue weighted by molar-refractivity contribution is -0.122. The molecule has 2 N–H and O–H groups in total. The molecule has 1 aromatic heterocycles. The van der Waals surface area contributed by atoms with Crippen LogP contribution < -0.4 is 20.1 Å². The molecule has 0 unspecified atom stereocenters. The second kappa shape index (κ2) is 8.28. The van der Waals surface area contributed by atoms with Crippen molar-refractivity contribution in [3.8, 4) is 11.5 Å². The van der Waals surface area contributed by atoms with Crippen LogP contribution >= 0.6 is 11.3 Å². The molecule has 0 radical (unpaired) electrons. The van der Waals surface area contributed by atoms with Gasteiger partial charge in [-0.1, -0.05) is 17.8 Å². The zero-order chi connectivity index (χ0) is 20.4. The average molecular weight is 417 g/mol. The van der Waals surface area contributed by atoms with Crippen molar-refractivity contribution in [2.24, 2.45) is 5.92 Å². The van der Waals surface area contributed by atoms with Crippen LogP contribution in [0.2, 0.25) is 0 Å². The highest BCUT2D eigenvalue weighted by Gasteiger charge is 2.28. The van der Waals surface area contributed by atoms with Crippen molar-refractivity contribution in [3.63, 3.8) is 0 Å². The van der Waals surface area contributed by atoms with Gasteiger partial charge in [-0.25, -0.2) is 9.78 Å². The van der Waals surface area contributed by atoms with E-state index in [-0.39, 0.29) is 17.9 Å². The molecule has 0 saturated heterocycles. The minimum atomic E-state index is -0.184. The van der Waals surface area contributed by atoms with Gasteiger partial charge in [0.05, 0.1) is 26.5 Å². The van der Waals surface area contributed by atoms with Gasteiger partial charge in [0.25, 0.3) is 0 Å². The number of aromatic nitrogens is 1. The van der Waals surface area contributed by atoms with Crippen LogP contribution in [0.25, 0.3) is 0 Å². The number of amides is 3. The maximum Gasteiger partial charge on any atom is 0.322 e. The fourth-order valence-corrected chi connectivity index (χ4v) is 4.44. The number of ether oxygens (including phenoxy) is 2. The van der Waals surface area contributed by atoms with Gasteiger partial charge in [0, 0.05) is 35.5 Å². The van der Waals surface area contributed by atoms with Crippen LogP contribution in [0.3, 0.4) is 0 Å². The molecule has 2 aliphatic rings. The number of hydrogen-bond donors (Lipinski definition) is 2. The summed E-state index contributed by atoms with van der Waals surface area (Å²) in [5, 5.41) is 6.47. The number of hydrogen-bond acceptors (Lipinski definition) is 6. The number of carbonyl (C=O) groups is 2. The van der Waals surface area contributed by atoms with Gasteiger partial charge < -0.3 is 25.0 Å². The summed E-state index contributed by atoms with van der Waals surface area (Å²) in [6, 6.07) is 5.07. The summed E-state index contributed by atoms with van der Waals surface area (Å²) >= 11 is 1.45. The van der Waals surface area contributed by atoms with Crippen LogP contribution in [0.4, 0.5) is 15.6 Å². The number of thiazole rings is 1. The second-order valence-electron chi connectivity index (χ2n) is 7.18. The third-order valence-electron chi connectivity index (χ3n) is 5.36. The van der Waals surface area contributed by atoms with Crippen LogP contribution in [0.1, 0.15) is 29.8 Å². The first-order chi connectivity index (χ1) is 14.1. The molecular formula is C20H24N4O4S. The maximum absolute atomic E-state index is 12.7. The van der Waals surface area contributed by atoms with E-state index in [1.165, 1.54) is 11.3 Å². The van der Waals surface area contributed by atoms with E-state index in [9.17, 15) is 9.59 Å².